The fourth-order valence-corrected chi connectivity index (χ4v) is 11.4. The third-order valence-electron chi connectivity index (χ3n) is 5.99. The SMILES string of the molecule is CCO.CCO[Si](CCCC=NCCC[SiH](C)C)(OCC)OCC.CCO[Si](CCCC=O)(OCC)OCC.C[SiH](C)CCCN. The Hall–Kier alpha value is -0.112. The van der Waals surface area contributed by atoms with Crippen molar-refractivity contribution in [2.75, 3.05) is 59.3 Å². The Labute approximate surface area is 290 Å². The number of carbonyl (C=O) groups is 1. The van der Waals surface area contributed by atoms with Gasteiger partial charge in [0, 0.05) is 88.9 Å². The van der Waals surface area contributed by atoms with Gasteiger partial charge in [-0.25, -0.2) is 0 Å². The van der Waals surface area contributed by atoms with Crippen LogP contribution < -0.4 is 5.73 Å². The molecule has 0 saturated heterocycles. The van der Waals surface area contributed by atoms with E-state index in [1.54, 1.807) is 6.92 Å². The largest absolute Gasteiger partial charge is 0.500 e. The molecule has 0 rings (SSSR count). The number of carbonyl (C=O) groups excluding carboxylic acids is 1. The molecule has 0 heterocycles. The minimum atomic E-state index is -2.49. The van der Waals surface area contributed by atoms with Crippen LogP contribution in [0.4, 0.5) is 0 Å². The lowest BCUT2D eigenvalue weighted by atomic mass is 10.4. The van der Waals surface area contributed by atoms with Gasteiger partial charge in [-0.15, -0.1) is 0 Å². The highest BCUT2D eigenvalue weighted by molar-refractivity contribution is 6.61. The zero-order chi connectivity index (χ0) is 36.0. The van der Waals surface area contributed by atoms with Gasteiger partial charge in [0.2, 0.25) is 0 Å². The van der Waals surface area contributed by atoms with Crippen molar-refractivity contribution in [1.29, 1.82) is 0 Å². The Bertz CT molecular complexity index is 591. The number of hydrogen-bond acceptors (Lipinski definition) is 10. The lowest BCUT2D eigenvalue weighted by Crippen LogP contribution is -2.45. The Balaban J connectivity index is -0.000000305. The second kappa shape index (κ2) is 41.1. The standard InChI is InChI=1S/C15H35NO3Si2.C10H22O4Si.C5H15NSi.C2H6O/c1-6-17-21(18-7-2,19-8-3)15-10-9-12-16-13-11-14-20(4)5;1-4-12-15(13-5-2,14-6-3)10-8-7-9-11;1-7(2)5-3-4-6;1-2-3/h12,20H,6-11,13-15H2,1-5H3;9H,4-8,10H2,1-3H3;7H,3-6H2,1-2H3;3H,2H2,1H3. The summed E-state index contributed by atoms with van der Waals surface area (Å²) in [5, 5.41) is 7.57. The molecule has 0 aliphatic rings. The van der Waals surface area contributed by atoms with Crippen LogP contribution in [0.25, 0.3) is 0 Å². The van der Waals surface area contributed by atoms with Crippen LogP contribution in [0.1, 0.15) is 87.0 Å². The maximum absolute atomic E-state index is 10.3. The maximum Gasteiger partial charge on any atom is 0.500 e. The molecule has 0 amide bonds. The second-order valence-corrected chi connectivity index (χ2v) is 23.4. The van der Waals surface area contributed by atoms with E-state index in [2.05, 4.69) is 37.4 Å². The van der Waals surface area contributed by atoms with E-state index in [9.17, 15) is 4.79 Å². The first kappa shape index (κ1) is 52.7. The number of aliphatic hydroxyl groups is 1. The molecular formula is C32H78N2O8Si4. The molecule has 0 fully saturated rings. The highest BCUT2D eigenvalue weighted by atomic mass is 28.4. The first-order valence-electron chi connectivity index (χ1n) is 18.1. The summed E-state index contributed by atoms with van der Waals surface area (Å²) in [6.45, 7) is 28.8. The first-order chi connectivity index (χ1) is 22.0. The molecule has 0 radical (unpaired) electrons. The topological polar surface area (TPSA) is 131 Å². The van der Waals surface area contributed by atoms with Crippen molar-refractivity contribution < 1.29 is 36.5 Å². The Morgan fingerprint density at radius 3 is 1.26 bits per heavy atom. The molecule has 0 saturated carbocycles. The second-order valence-electron chi connectivity index (χ2n) is 11.2. The van der Waals surface area contributed by atoms with Gasteiger partial charge in [0.15, 0.2) is 0 Å². The fraction of sp³-hybridized carbons (Fsp3) is 0.938. The van der Waals surface area contributed by atoms with E-state index in [-0.39, 0.29) is 15.4 Å². The number of hydrogen-bond donors (Lipinski definition) is 2. The fourth-order valence-electron chi connectivity index (χ4n) is 4.11. The van der Waals surface area contributed by atoms with Gasteiger partial charge in [-0.3, -0.25) is 4.99 Å². The summed E-state index contributed by atoms with van der Waals surface area (Å²) < 4.78 is 34.4. The van der Waals surface area contributed by atoms with Crippen LogP contribution in [0, 0.1) is 0 Å². The van der Waals surface area contributed by atoms with Crippen LogP contribution in [0.15, 0.2) is 4.99 Å². The molecule has 0 aliphatic heterocycles. The van der Waals surface area contributed by atoms with Crippen LogP contribution in [0.3, 0.4) is 0 Å². The van der Waals surface area contributed by atoms with E-state index in [1.165, 1.54) is 24.9 Å². The van der Waals surface area contributed by atoms with Crippen molar-refractivity contribution in [3.8, 4) is 0 Å². The average Bonchev–Trinajstić information content (AvgIpc) is 2.99. The third kappa shape index (κ3) is 38.3. The summed E-state index contributed by atoms with van der Waals surface area (Å²) in [4.78, 5) is 14.7. The highest BCUT2D eigenvalue weighted by Gasteiger charge is 2.40. The van der Waals surface area contributed by atoms with Crippen molar-refractivity contribution in [3.63, 3.8) is 0 Å². The van der Waals surface area contributed by atoms with Crippen LogP contribution >= 0.6 is 0 Å². The van der Waals surface area contributed by atoms with Crippen molar-refractivity contribution in [3.05, 3.63) is 0 Å². The molecule has 280 valence electrons. The van der Waals surface area contributed by atoms with E-state index < -0.39 is 26.4 Å². The van der Waals surface area contributed by atoms with Crippen LogP contribution in [0.2, 0.25) is 50.4 Å². The molecule has 0 aromatic rings. The van der Waals surface area contributed by atoms with Gasteiger partial charge in [-0.05, 0) is 93.3 Å². The van der Waals surface area contributed by atoms with Gasteiger partial charge in [-0.2, -0.15) is 0 Å². The first-order valence-corrected chi connectivity index (χ1v) is 28.2. The van der Waals surface area contributed by atoms with E-state index >= 15 is 0 Å². The van der Waals surface area contributed by atoms with Crippen LogP contribution in [-0.2, 0) is 31.4 Å². The minimum absolute atomic E-state index is 0.250. The molecule has 0 aromatic carbocycles. The summed E-state index contributed by atoms with van der Waals surface area (Å²) in [5.41, 5.74) is 5.30. The van der Waals surface area contributed by atoms with Crippen molar-refractivity contribution in [1.82, 2.24) is 0 Å². The predicted octanol–water partition coefficient (Wildman–Crippen LogP) is 6.60. The molecule has 3 N–H and O–H groups in total. The number of aliphatic imine (C=N–C) groups is 1. The van der Waals surface area contributed by atoms with Gasteiger partial charge >= 0.3 is 17.6 Å². The quantitative estimate of drug-likeness (QED) is 0.0416. The molecule has 0 spiro atoms. The summed E-state index contributed by atoms with van der Waals surface area (Å²) in [6, 6.07) is 4.41. The van der Waals surface area contributed by atoms with Crippen molar-refractivity contribution in [2.24, 2.45) is 10.7 Å². The zero-order valence-corrected chi connectivity index (χ0v) is 36.4. The third-order valence-corrected chi connectivity index (χ3v) is 15.4. The lowest BCUT2D eigenvalue weighted by Gasteiger charge is -2.28. The van der Waals surface area contributed by atoms with Crippen molar-refractivity contribution >= 4 is 47.7 Å². The molecule has 10 nitrogen and oxygen atoms in total. The number of aliphatic hydroxyl groups excluding tert-OH is 1. The van der Waals surface area contributed by atoms with Gasteiger partial charge < -0.3 is 42.2 Å². The Morgan fingerprint density at radius 1 is 0.630 bits per heavy atom. The smallest absolute Gasteiger partial charge is 0.397 e. The molecule has 46 heavy (non-hydrogen) atoms. The van der Waals surface area contributed by atoms with E-state index in [1.807, 2.05) is 41.5 Å². The van der Waals surface area contributed by atoms with Gasteiger partial charge in [0.25, 0.3) is 0 Å². The molecule has 14 heteroatoms. The number of unbranched alkanes of at least 4 members (excludes halogenated alkanes) is 2. The Kier molecular flexibility index (Phi) is 47.0. The number of nitrogens with zero attached hydrogens (tertiary/aromatic N) is 1. The van der Waals surface area contributed by atoms with E-state index in [4.69, 9.17) is 37.4 Å². The monoisotopic (exact) mass is 730 g/mol. The maximum atomic E-state index is 10.3. The van der Waals surface area contributed by atoms with Crippen LogP contribution in [-0.4, -0.2) is 112 Å². The summed E-state index contributed by atoms with van der Waals surface area (Å²) in [6.07, 6.45) is 8.79. The average molecular weight is 731 g/mol. The van der Waals surface area contributed by atoms with Gasteiger partial charge in [0.05, 0.1) is 0 Å². The molecule has 0 unspecified atom stereocenters. The van der Waals surface area contributed by atoms with Gasteiger partial charge in [0.1, 0.15) is 6.29 Å². The summed E-state index contributed by atoms with van der Waals surface area (Å²) >= 11 is 0. The molecule has 0 aromatic heterocycles. The molecule has 0 bridgehead atoms. The van der Waals surface area contributed by atoms with E-state index in [0.29, 0.717) is 46.1 Å². The van der Waals surface area contributed by atoms with E-state index in [0.717, 1.165) is 50.7 Å². The number of aldehydes is 1. The summed E-state index contributed by atoms with van der Waals surface area (Å²) in [7, 11) is -5.60. The zero-order valence-electron chi connectivity index (χ0n) is 32.1. The Morgan fingerprint density at radius 2 is 0.978 bits per heavy atom. The molecule has 0 atom stereocenters. The number of nitrogens with two attached hydrogens (primary N) is 1. The predicted molar refractivity (Wildman–Crippen MR) is 207 cm³/mol. The van der Waals surface area contributed by atoms with Crippen LogP contribution in [0.5, 0.6) is 0 Å². The van der Waals surface area contributed by atoms with Gasteiger partial charge in [-0.1, -0.05) is 38.3 Å². The highest BCUT2D eigenvalue weighted by Crippen LogP contribution is 2.20. The molecular weight excluding hydrogens is 653 g/mol. The van der Waals surface area contributed by atoms with Crippen molar-refractivity contribution in [2.45, 2.75) is 137 Å². The minimum Gasteiger partial charge on any atom is -0.397 e. The summed E-state index contributed by atoms with van der Waals surface area (Å²) in [5.74, 6) is 0. The lowest BCUT2D eigenvalue weighted by molar-refractivity contribution is -0.107. The number of rotatable bonds is 27. The molecule has 0 aliphatic carbocycles. The normalized spacial score (nSPS) is 11.5.